The molecule has 0 aliphatic heterocycles. The van der Waals surface area contributed by atoms with E-state index in [0.717, 1.165) is 5.56 Å². The SMILES string of the molecule is O=C(NCC(F)(F)F)c1ccc2cncc(-c3ccc(Cl)cc3)c2n1. The Labute approximate surface area is 145 Å². The quantitative estimate of drug-likeness (QED) is 0.755. The van der Waals surface area contributed by atoms with E-state index in [9.17, 15) is 18.0 Å². The monoisotopic (exact) mass is 365 g/mol. The van der Waals surface area contributed by atoms with Crippen LogP contribution in [0.4, 0.5) is 13.2 Å². The summed E-state index contributed by atoms with van der Waals surface area (Å²) in [7, 11) is 0. The molecular weight excluding hydrogens is 355 g/mol. The second-order valence-electron chi connectivity index (χ2n) is 5.26. The van der Waals surface area contributed by atoms with Crippen molar-refractivity contribution in [1.82, 2.24) is 15.3 Å². The number of benzene rings is 1. The number of nitrogens with one attached hydrogen (secondary N) is 1. The van der Waals surface area contributed by atoms with Gasteiger partial charge in [0.05, 0.1) is 5.52 Å². The number of carbonyl (C=O) groups is 1. The molecule has 4 nitrogen and oxygen atoms in total. The van der Waals surface area contributed by atoms with Crippen molar-refractivity contribution >= 4 is 28.4 Å². The molecule has 0 radical (unpaired) electrons. The predicted molar refractivity (Wildman–Crippen MR) is 88.4 cm³/mol. The highest BCUT2D eigenvalue weighted by molar-refractivity contribution is 6.30. The van der Waals surface area contributed by atoms with Crippen molar-refractivity contribution in [2.24, 2.45) is 0 Å². The van der Waals surface area contributed by atoms with Crippen LogP contribution in [-0.4, -0.2) is 28.6 Å². The third kappa shape index (κ3) is 4.06. The largest absolute Gasteiger partial charge is 0.405 e. The Morgan fingerprint density at radius 3 is 2.48 bits per heavy atom. The predicted octanol–water partition coefficient (Wildman–Crippen LogP) is 4.24. The normalized spacial score (nSPS) is 11.5. The van der Waals surface area contributed by atoms with Crippen molar-refractivity contribution in [3.8, 4) is 11.1 Å². The maximum atomic E-state index is 12.2. The second kappa shape index (κ2) is 6.68. The van der Waals surface area contributed by atoms with Crippen LogP contribution in [0.25, 0.3) is 22.0 Å². The molecule has 3 aromatic rings. The van der Waals surface area contributed by atoms with Crippen LogP contribution < -0.4 is 5.32 Å². The Morgan fingerprint density at radius 2 is 1.80 bits per heavy atom. The molecule has 0 saturated carbocycles. The Hall–Kier alpha value is -2.67. The van der Waals surface area contributed by atoms with Gasteiger partial charge in [-0.25, -0.2) is 4.98 Å². The molecule has 1 aromatic carbocycles. The van der Waals surface area contributed by atoms with E-state index in [1.807, 2.05) is 5.32 Å². The first kappa shape index (κ1) is 17.2. The van der Waals surface area contributed by atoms with Crippen molar-refractivity contribution in [1.29, 1.82) is 0 Å². The van der Waals surface area contributed by atoms with Gasteiger partial charge >= 0.3 is 6.18 Å². The van der Waals surface area contributed by atoms with E-state index in [1.54, 1.807) is 42.7 Å². The second-order valence-corrected chi connectivity index (χ2v) is 5.70. The molecule has 0 unspecified atom stereocenters. The van der Waals surface area contributed by atoms with Crippen LogP contribution in [-0.2, 0) is 0 Å². The van der Waals surface area contributed by atoms with Crippen LogP contribution >= 0.6 is 11.6 Å². The van der Waals surface area contributed by atoms with E-state index in [0.29, 0.717) is 21.5 Å². The van der Waals surface area contributed by atoms with E-state index in [-0.39, 0.29) is 5.69 Å². The van der Waals surface area contributed by atoms with Crippen LogP contribution in [0, 0.1) is 0 Å². The molecule has 0 aliphatic carbocycles. The summed E-state index contributed by atoms with van der Waals surface area (Å²) in [6, 6.07) is 9.91. The number of amides is 1. The zero-order chi connectivity index (χ0) is 18.0. The molecule has 3 rings (SSSR count). The Balaban J connectivity index is 2.00. The van der Waals surface area contributed by atoms with Crippen LogP contribution in [0.3, 0.4) is 0 Å². The van der Waals surface area contributed by atoms with Gasteiger partial charge in [0.1, 0.15) is 12.2 Å². The van der Waals surface area contributed by atoms with E-state index in [1.165, 1.54) is 6.07 Å². The lowest BCUT2D eigenvalue weighted by atomic mass is 10.0. The van der Waals surface area contributed by atoms with Crippen LogP contribution in [0.1, 0.15) is 10.5 Å². The van der Waals surface area contributed by atoms with E-state index >= 15 is 0 Å². The van der Waals surface area contributed by atoms with Gasteiger partial charge in [0, 0.05) is 28.4 Å². The van der Waals surface area contributed by atoms with Crippen molar-refractivity contribution < 1.29 is 18.0 Å². The van der Waals surface area contributed by atoms with Crippen molar-refractivity contribution in [3.05, 3.63) is 59.5 Å². The summed E-state index contributed by atoms with van der Waals surface area (Å²) in [6.07, 6.45) is -1.33. The standard InChI is InChI=1S/C17H11ClF3N3O/c18-12-4-1-10(2-5-12)13-8-22-7-11-3-6-14(24-15(11)13)16(25)23-9-17(19,20)21/h1-8H,9H2,(H,23,25). The number of pyridine rings is 2. The molecule has 8 heteroatoms. The lowest BCUT2D eigenvalue weighted by Gasteiger charge is -2.10. The number of rotatable bonds is 3. The minimum Gasteiger partial charge on any atom is -0.342 e. The Bertz CT molecular complexity index is 927. The number of fused-ring (bicyclic) bond motifs is 1. The summed E-state index contributed by atoms with van der Waals surface area (Å²) in [4.78, 5) is 20.3. The smallest absolute Gasteiger partial charge is 0.342 e. The molecule has 0 fully saturated rings. The molecule has 0 spiro atoms. The van der Waals surface area contributed by atoms with Gasteiger partial charge in [-0.15, -0.1) is 0 Å². The molecule has 0 atom stereocenters. The zero-order valence-electron chi connectivity index (χ0n) is 12.6. The summed E-state index contributed by atoms with van der Waals surface area (Å²) >= 11 is 5.88. The first-order valence-electron chi connectivity index (χ1n) is 7.19. The average molecular weight is 366 g/mol. The third-order valence-electron chi connectivity index (χ3n) is 3.44. The van der Waals surface area contributed by atoms with Gasteiger partial charge < -0.3 is 5.32 Å². The number of alkyl halides is 3. The molecule has 0 bridgehead atoms. The van der Waals surface area contributed by atoms with E-state index in [4.69, 9.17) is 11.6 Å². The van der Waals surface area contributed by atoms with Crippen LogP contribution in [0.5, 0.6) is 0 Å². The first-order valence-corrected chi connectivity index (χ1v) is 7.57. The topological polar surface area (TPSA) is 54.9 Å². The fourth-order valence-corrected chi connectivity index (χ4v) is 2.41. The summed E-state index contributed by atoms with van der Waals surface area (Å²) in [6.45, 7) is -1.41. The number of hydrogen-bond acceptors (Lipinski definition) is 3. The molecule has 128 valence electrons. The summed E-state index contributed by atoms with van der Waals surface area (Å²) in [5.74, 6) is -0.891. The Morgan fingerprint density at radius 1 is 1.08 bits per heavy atom. The number of nitrogens with zero attached hydrogens (tertiary/aromatic N) is 2. The average Bonchev–Trinajstić information content (AvgIpc) is 2.59. The van der Waals surface area contributed by atoms with E-state index < -0.39 is 18.6 Å². The number of halogens is 4. The fourth-order valence-electron chi connectivity index (χ4n) is 2.28. The summed E-state index contributed by atoms with van der Waals surface area (Å²) < 4.78 is 36.7. The minimum absolute atomic E-state index is 0.0989. The van der Waals surface area contributed by atoms with Crippen LogP contribution in [0.15, 0.2) is 48.8 Å². The number of aromatic nitrogens is 2. The van der Waals surface area contributed by atoms with E-state index in [2.05, 4.69) is 9.97 Å². The molecule has 2 heterocycles. The van der Waals surface area contributed by atoms with Crippen LogP contribution in [0.2, 0.25) is 5.02 Å². The van der Waals surface area contributed by atoms with Gasteiger partial charge in [-0.2, -0.15) is 13.2 Å². The van der Waals surface area contributed by atoms with Gasteiger partial charge in [0.15, 0.2) is 0 Å². The molecule has 2 aromatic heterocycles. The maximum Gasteiger partial charge on any atom is 0.405 e. The first-order chi connectivity index (χ1) is 11.8. The molecule has 25 heavy (non-hydrogen) atoms. The zero-order valence-corrected chi connectivity index (χ0v) is 13.4. The minimum atomic E-state index is -4.48. The highest BCUT2D eigenvalue weighted by Crippen LogP contribution is 2.27. The lowest BCUT2D eigenvalue weighted by Crippen LogP contribution is -2.34. The third-order valence-corrected chi connectivity index (χ3v) is 3.69. The number of carbonyl (C=O) groups excluding carboxylic acids is 1. The van der Waals surface area contributed by atoms with Crippen molar-refractivity contribution in [2.75, 3.05) is 6.54 Å². The number of hydrogen-bond donors (Lipinski definition) is 1. The highest BCUT2D eigenvalue weighted by atomic mass is 35.5. The molecular formula is C17H11ClF3N3O. The molecule has 0 saturated heterocycles. The summed E-state index contributed by atoms with van der Waals surface area (Å²) in [5, 5.41) is 3.04. The van der Waals surface area contributed by atoms with Crippen molar-refractivity contribution in [2.45, 2.75) is 6.18 Å². The van der Waals surface area contributed by atoms with Gasteiger partial charge in [0.25, 0.3) is 5.91 Å². The van der Waals surface area contributed by atoms with Gasteiger partial charge in [-0.1, -0.05) is 23.7 Å². The highest BCUT2D eigenvalue weighted by Gasteiger charge is 2.28. The molecule has 1 amide bonds. The molecule has 1 N–H and O–H groups in total. The van der Waals surface area contributed by atoms with Gasteiger partial charge in [-0.05, 0) is 29.8 Å². The summed E-state index contributed by atoms with van der Waals surface area (Å²) in [5.41, 5.74) is 1.80. The van der Waals surface area contributed by atoms with Gasteiger partial charge in [0.2, 0.25) is 0 Å². The fraction of sp³-hybridized carbons (Fsp3) is 0.118. The lowest BCUT2D eigenvalue weighted by molar-refractivity contribution is -0.123. The van der Waals surface area contributed by atoms with Gasteiger partial charge in [-0.3, -0.25) is 9.78 Å². The maximum absolute atomic E-state index is 12.2. The Kier molecular flexibility index (Phi) is 4.59. The molecule has 0 aliphatic rings. The van der Waals surface area contributed by atoms with Crippen molar-refractivity contribution in [3.63, 3.8) is 0 Å².